The molecule has 2 heteroatoms. The summed E-state index contributed by atoms with van der Waals surface area (Å²) in [5.74, 6) is 0.565. The summed E-state index contributed by atoms with van der Waals surface area (Å²) in [6.45, 7) is 6.95. The van der Waals surface area contributed by atoms with Crippen molar-refractivity contribution in [2.75, 3.05) is 4.90 Å². The number of anilines is 3. The molecule has 10 aromatic rings. The summed E-state index contributed by atoms with van der Waals surface area (Å²) >= 11 is 0. The Bertz CT molecular complexity index is 3280. The maximum Gasteiger partial charge on any atom is 0.0547 e. The molecule has 0 aliphatic heterocycles. The van der Waals surface area contributed by atoms with Gasteiger partial charge in [0.25, 0.3) is 0 Å². The van der Waals surface area contributed by atoms with Gasteiger partial charge in [-0.1, -0.05) is 198 Å². The SMILES string of the molecule is CC(C)(C)c1ccc(N(c2ccccc2-c2cccc3cccc(C4CCCCC4)c23)c2ccccc2-c2cccc3c2c2ccccc2n3-c2ccccc2)c(-c2ccccc2)c1. The number of para-hydroxylation sites is 4. The second kappa shape index (κ2) is 16.5. The van der Waals surface area contributed by atoms with Crippen LogP contribution in [0.4, 0.5) is 17.1 Å². The van der Waals surface area contributed by atoms with E-state index in [4.69, 9.17) is 0 Å². The zero-order valence-electron chi connectivity index (χ0n) is 37.1. The molecule has 1 heterocycles. The Hall–Kier alpha value is -7.16. The van der Waals surface area contributed by atoms with E-state index in [-0.39, 0.29) is 5.41 Å². The predicted molar refractivity (Wildman–Crippen MR) is 274 cm³/mol. The average Bonchev–Trinajstić information content (AvgIpc) is 3.69. The summed E-state index contributed by atoms with van der Waals surface area (Å²) in [7, 11) is 0. The fraction of sp³-hybridized carbons (Fsp3) is 0.161. The number of aromatic nitrogens is 1. The Balaban J connectivity index is 1.22. The van der Waals surface area contributed by atoms with Crippen molar-refractivity contribution in [1.29, 1.82) is 0 Å². The molecule has 0 spiro atoms. The van der Waals surface area contributed by atoms with E-state index in [1.54, 1.807) is 0 Å². The van der Waals surface area contributed by atoms with Gasteiger partial charge in [-0.2, -0.15) is 0 Å². The summed E-state index contributed by atoms with van der Waals surface area (Å²) in [6.07, 6.45) is 6.44. The molecule has 0 N–H and O–H groups in total. The third-order valence-electron chi connectivity index (χ3n) is 13.8. The monoisotopic (exact) mass is 826 g/mol. The molecule has 0 unspecified atom stereocenters. The highest BCUT2D eigenvalue weighted by Crippen LogP contribution is 2.51. The molecule has 1 saturated carbocycles. The first kappa shape index (κ1) is 39.7. The summed E-state index contributed by atoms with van der Waals surface area (Å²) in [5, 5.41) is 5.19. The van der Waals surface area contributed by atoms with Crippen LogP contribution in [-0.2, 0) is 5.41 Å². The highest BCUT2D eigenvalue weighted by Gasteiger charge is 2.28. The molecule has 1 fully saturated rings. The number of rotatable bonds is 8. The molecule has 11 rings (SSSR count). The largest absolute Gasteiger partial charge is 0.309 e. The van der Waals surface area contributed by atoms with E-state index in [1.807, 2.05) is 0 Å². The minimum absolute atomic E-state index is 0.0379. The van der Waals surface area contributed by atoms with E-state index >= 15 is 0 Å². The first-order valence-corrected chi connectivity index (χ1v) is 23.2. The molecule has 0 bridgehead atoms. The molecule has 1 aliphatic rings. The Morgan fingerprint density at radius 2 is 0.984 bits per heavy atom. The minimum Gasteiger partial charge on any atom is -0.309 e. The topological polar surface area (TPSA) is 8.17 Å². The molecule has 1 aromatic heterocycles. The lowest BCUT2D eigenvalue weighted by Crippen LogP contribution is -2.16. The first-order chi connectivity index (χ1) is 31.4. The van der Waals surface area contributed by atoms with Crippen molar-refractivity contribution >= 4 is 49.6 Å². The Morgan fingerprint density at radius 1 is 0.438 bits per heavy atom. The van der Waals surface area contributed by atoms with E-state index < -0.39 is 0 Å². The number of hydrogen-bond donors (Lipinski definition) is 0. The molecule has 1 aliphatic carbocycles. The lowest BCUT2D eigenvalue weighted by atomic mass is 9.80. The summed E-state index contributed by atoms with van der Waals surface area (Å²) in [4.78, 5) is 2.58. The van der Waals surface area contributed by atoms with Gasteiger partial charge in [-0.25, -0.2) is 0 Å². The van der Waals surface area contributed by atoms with Gasteiger partial charge in [-0.3, -0.25) is 0 Å². The number of fused-ring (bicyclic) bond motifs is 4. The fourth-order valence-corrected chi connectivity index (χ4v) is 10.7. The lowest BCUT2D eigenvalue weighted by Gasteiger charge is -2.33. The molecule has 0 atom stereocenters. The van der Waals surface area contributed by atoms with Gasteiger partial charge in [-0.05, 0) is 111 Å². The molecule has 64 heavy (non-hydrogen) atoms. The van der Waals surface area contributed by atoms with Crippen molar-refractivity contribution in [3.8, 4) is 39.1 Å². The maximum atomic E-state index is 2.58. The standard InChI is InChI=1S/C62H54N2/c1-62(2,3)46-40-41-58(54(42-46)44-24-9-5-10-25-44)64(55-36-16-13-30-49(55)51-34-20-27-45-26-19-33-48(60(45)51)43-22-7-4-8-23-43)56-37-17-14-31-50(56)52-35-21-39-59-61(52)53-32-15-18-38-57(53)63(59)47-28-11-6-12-29-47/h5-6,9-21,24-43H,4,7-8,22-23H2,1-3H3. The summed E-state index contributed by atoms with van der Waals surface area (Å²) in [6, 6.07) is 76.9. The molecule has 9 aromatic carbocycles. The van der Waals surface area contributed by atoms with E-state index in [1.165, 1.54) is 109 Å². The van der Waals surface area contributed by atoms with Crippen LogP contribution in [0, 0.1) is 0 Å². The van der Waals surface area contributed by atoms with Crippen molar-refractivity contribution in [2.45, 2.75) is 64.2 Å². The molecule has 0 amide bonds. The van der Waals surface area contributed by atoms with Gasteiger partial charge in [0, 0.05) is 33.2 Å². The van der Waals surface area contributed by atoms with Gasteiger partial charge in [0.05, 0.1) is 28.1 Å². The number of nitrogens with zero attached hydrogens (tertiary/aromatic N) is 2. The second-order valence-electron chi connectivity index (χ2n) is 18.7. The van der Waals surface area contributed by atoms with Crippen LogP contribution in [0.25, 0.3) is 71.6 Å². The average molecular weight is 827 g/mol. The lowest BCUT2D eigenvalue weighted by molar-refractivity contribution is 0.445. The molecule has 2 nitrogen and oxygen atoms in total. The van der Waals surface area contributed by atoms with Crippen LogP contribution in [0.2, 0.25) is 0 Å². The molecule has 0 saturated heterocycles. The normalized spacial score (nSPS) is 13.5. The molecular formula is C62H54N2. The zero-order chi connectivity index (χ0) is 43.2. The number of hydrogen-bond acceptors (Lipinski definition) is 1. The van der Waals surface area contributed by atoms with Crippen LogP contribution >= 0.6 is 0 Å². The van der Waals surface area contributed by atoms with Crippen LogP contribution in [0.3, 0.4) is 0 Å². The van der Waals surface area contributed by atoms with Gasteiger partial charge in [0.15, 0.2) is 0 Å². The van der Waals surface area contributed by atoms with Gasteiger partial charge in [0.2, 0.25) is 0 Å². The quantitative estimate of drug-likeness (QED) is 0.148. The van der Waals surface area contributed by atoms with E-state index in [0.29, 0.717) is 5.92 Å². The van der Waals surface area contributed by atoms with Crippen molar-refractivity contribution in [3.63, 3.8) is 0 Å². The maximum absolute atomic E-state index is 2.58. The highest BCUT2D eigenvalue weighted by atomic mass is 15.2. The Labute approximate surface area is 378 Å². The fourth-order valence-electron chi connectivity index (χ4n) is 10.7. The van der Waals surface area contributed by atoms with Crippen molar-refractivity contribution in [1.82, 2.24) is 4.57 Å². The van der Waals surface area contributed by atoms with Gasteiger partial charge in [0.1, 0.15) is 0 Å². The Morgan fingerprint density at radius 3 is 1.69 bits per heavy atom. The first-order valence-electron chi connectivity index (χ1n) is 23.2. The van der Waals surface area contributed by atoms with Crippen LogP contribution in [0.15, 0.2) is 206 Å². The van der Waals surface area contributed by atoms with Crippen molar-refractivity contribution in [3.05, 3.63) is 217 Å². The third kappa shape index (κ3) is 6.99. The Kier molecular flexibility index (Phi) is 10.2. The highest BCUT2D eigenvalue weighted by molar-refractivity contribution is 6.17. The van der Waals surface area contributed by atoms with Crippen LogP contribution < -0.4 is 4.90 Å². The van der Waals surface area contributed by atoms with Gasteiger partial charge < -0.3 is 9.47 Å². The number of benzene rings is 9. The minimum atomic E-state index is -0.0379. The smallest absolute Gasteiger partial charge is 0.0547 e. The predicted octanol–water partition coefficient (Wildman–Crippen LogP) is 17.8. The van der Waals surface area contributed by atoms with Crippen LogP contribution in [0.5, 0.6) is 0 Å². The summed E-state index contributed by atoms with van der Waals surface area (Å²) < 4.78 is 2.42. The van der Waals surface area contributed by atoms with E-state index in [2.05, 4.69) is 236 Å². The van der Waals surface area contributed by atoms with E-state index in [9.17, 15) is 0 Å². The van der Waals surface area contributed by atoms with Crippen LogP contribution in [0.1, 0.15) is 69.9 Å². The molecule has 312 valence electrons. The summed E-state index contributed by atoms with van der Waals surface area (Å²) in [5.41, 5.74) is 17.0. The second-order valence-corrected chi connectivity index (χ2v) is 18.7. The van der Waals surface area contributed by atoms with Crippen LogP contribution in [-0.4, -0.2) is 4.57 Å². The molecule has 0 radical (unpaired) electrons. The van der Waals surface area contributed by atoms with Gasteiger partial charge in [-0.15, -0.1) is 0 Å². The van der Waals surface area contributed by atoms with Gasteiger partial charge >= 0.3 is 0 Å². The zero-order valence-corrected chi connectivity index (χ0v) is 37.1. The molecular weight excluding hydrogens is 773 g/mol. The van der Waals surface area contributed by atoms with Crippen molar-refractivity contribution in [2.24, 2.45) is 0 Å². The third-order valence-corrected chi connectivity index (χ3v) is 13.8. The van der Waals surface area contributed by atoms with Crippen molar-refractivity contribution < 1.29 is 0 Å². The van der Waals surface area contributed by atoms with E-state index in [0.717, 1.165) is 22.7 Å².